The second kappa shape index (κ2) is 6.69. The van der Waals surface area contributed by atoms with Gasteiger partial charge in [-0.15, -0.1) is 0 Å². The first-order chi connectivity index (χ1) is 10.7. The molecule has 0 spiro atoms. The van der Waals surface area contributed by atoms with Gasteiger partial charge in [0.15, 0.2) is 0 Å². The molecular formula is C13H16F2N4O3S. The van der Waals surface area contributed by atoms with E-state index in [-0.39, 0.29) is 5.56 Å². The molecule has 7 nitrogen and oxygen atoms in total. The Morgan fingerprint density at radius 3 is 2.57 bits per heavy atom. The molecular weight excluding hydrogens is 330 g/mol. The maximum atomic E-state index is 14.1. The number of nitrogens with zero attached hydrogens (tertiary/aromatic N) is 3. The minimum Gasteiger partial charge on any atom is -0.389 e. The van der Waals surface area contributed by atoms with E-state index in [0.29, 0.717) is 6.07 Å². The van der Waals surface area contributed by atoms with E-state index in [9.17, 15) is 22.3 Å². The van der Waals surface area contributed by atoms with Crippen molar-refractivity contribution < 1.29 is 22.3 Å². The van der Waals surface area contributed by atoms with Crippen LogP contribution in [0, 0.1) is 11.6 Å². The first kappa shape index (κ1) is 17.4. The summed E-state index contributed by atoms with van der Waals surface area (Å²) in [5.41, 5.74) is -0.0356. The molecule has 0 bridgehead atoms. The van der Waals surface area contributed by atoms with Crippen molar-refractivity contribution >= 4 is 10.0 Å². The number of benzene rings is 1. The Labute approximate surface area is 132 Å². The second-order valence-electron chi connectivity index (χ2n) is 5.16. The molecule has 0 saturated heterocycles. The van der Waals surface area contributed by atoms with E-state index in [2.05, 4.69) is 14.8 Å². The maximum absolute atomic E-state index is 14.1. The summed E-state index contributed by atoms with van der Waals surface area (Å²) in [5.74, 6) is -1.64. The second-order valence-corrected chi connectivity index (χ2v) is 6.94. The quantitative estimate of drug-likeness (QED) is 0.791. The molecule has 2 rings (SSSR count). The van der Waals surface area contributed by atoms with E-state index in [1.54, 1.807) is 0 Å². The number of halogens is 2. The van der Waals surface area contributed by atoms with E-state index in [1.165, 1.54) is 30.3 Å². The highest BCUT2D eigenvalue weighted by Crippen LogP contribution is 2.26. The predicted molar refractivity (Wildman–Crippen MR) is 78.0 cm³/mol. The Bertz CT molecular complexity index is 768. The van der Waals surface area contributed by atoms with E-state index in [4.69, 9.17) is 0 Å². The van der Waals surface area contributed by atoms with Crippen LogP contribution in [-0.4, -0.2) is 46.7 Å². The first-order valence-corrected chi connectivity index (χ1v) is 8.52. The summed E-state index contributed by atoms with van der Waals surface area (Å²) in [6.45, 7) is 1.43. The maximum Gasteiger partial charge on any atom is 0.209 e. The van der Waals surface area contributed by atoms with Crippen molar-refractivity contribution in [2.24, 2.45) is 0 Å². The third-order valence-electron chi connectivity index (χ3n) is 3.24. The van der Waals surface area contributed by atoms with Gasteiger partial charge in [0.25, 0.3) is 0 Å². The van der Waals surface area contributed by atoms with Gasteiger partial charge in [-0.1, -0.05) is 6.07 Å². The SMILES string of the molecule is CC(NS(C)(=O)=O)C(O)C(c1ccc(F)cc1F)n1cncn1. The normalized spacial score (nSPS) is 16.0. The topological polar surface area (TPSA) is 97.1 Å². The Morgan fingerprint density at radius 2 is 2.04 bits per heavy atom. The van der Waals surface area contributed by atoms with Crippen LogP contribution in [0.15, 0.2) is 30.9 Å². The Hall–Kier alpha value is -1.91. The van der Waals surface area contributed by atoms with Crippen molar-refractivity contribution in [3.05, 3.63) is 48.1 Å². The van der Waals surface area contributed by atoms with Gasteiger partial charge in [0, 0.05) is 17.7 Å². The Kier molecular flexibility index (Phi) is 5.07. The number of hydrogen-bond donors (Lipinski definition) is 2. The van der Waals surface area contributed by atoms with Crippen LogP contribution in [0.2, 0.25) is 0 Å². The Morgan fingerprint density at radius 1 is 1.35 bits per heavy atom. The molecule has 0 aliphatic carbocycles. The van der Waals surface area contributed by atoms with Crippen LogP contribution >= 0.6 is 0 Å². The average molecular weight is 346 g/mol. The molecule has 3 unspecified atom stereocenters. The van der Waals surface area contributed by atoms with Crippen molar-refractivity contribution in [3.63, 3.8) is 0 Å². The number of rotatable bonds is 6. The standard InChI is InChI=1S/C13H16F2N4O3S/c1-8(18-23(2,21)22)13(20)12(19-7-16-6-17-19)10-4-3-9(14)5-11(10)15/h3-8,12-13,18,20H,1-2H3. The molecule has 23 heavy (non-hydrogen) atoms. The zero-order valence-corrected chi connectivity index (χ0v) is 13.2. The zero-order chi connectivity index (χ0) is 17.2. The first-order valence-electron chi connectivity index (χ1n) is 6.63. The van der Waals surface area contributed by atoms with Gasteiger partial charge in [-0.2, -0.15) is 5.10 Å². The Balaban J connectivity index is 2.43. The summed E-state index contributed by atoms with van der Waals surface area (Å²) >= 11 is 0. The lowest BCUT2D eigenvalue weighted by atomic mass is 9.97. The van der Waals surface area contributed by atoms with Gasteiger partial charge in [0.05, 0.1) is 12.4 Å². The molecule has 0 aliphatic rings. The highest BCUT2D eigenvalue weighted by Gasteiger charge is 2.32. The third kappa shape index (κ3) is 4.30. The van der Waals surface area contributed by atoms with E-state index in [1.807, 2.05) is 0 Å². The molecule has 1 heterocycles. The summed E-state index contributed by atoms with van der Waals surface area (Å²) in [6, 6.07) is 0.878. The zero-order valence-electron chi connectivity index (χ0n) is 12.4. The molecule has 0 saturated carbocycles. The predicted octanol–water partition coefficient (Wildman–Crippen LogP) is 0.444. The van der Waals surface area contributed by atoms with Crippen LogP contribution in [-0.2, 0) is 10.0 Å². The van der Waals surface area contributed by atoms with E-state index < -0.39 is 39.8 Å². The van der Waals surface area contributed by atoms with Crippen LogP contribution in [0.4, 0.5) is 8.78 Å². The molecule has 0 amide bonds. The molecule has 1 aromatic carbocycles. The largest absolute Gasteiger partial charge is 0.389 e. The highest BCUT2D eigenvalue weighted by atomic mass is 32.2. The smallest absolute Gasteiger partial charge is 0.209 e. The lowest BCUT2D eigenvalue weighted by Crippen LogP contribution is -2.45. The molecule has 2 N–H and O–H groups in total. The van der Waals surface area contributed by atoms with E-state index in [0.717, 1.165) is 12.3 Å². The van der Waals surface area contributed by atoms with Gasteiger partial charge in [-0.05, 0) is 13.0 Å². The fraction of sp³-hybridized carbons (Fsp3) is 0.385. The summed E-state index contributed by atoms with van der Waals surface area (Å²) in [4.78, 5) is 3.74. The van der Waals surface area contributed by atoms with Crippen LogP contribution in [0.1, 0.15) is 18.5 Å². The van der Waals surface area contributed by atoms with Gasteiger partial charge in [-0.25, -0.2) is 31.6 Å². The van der Waals surface area contributed by atoms with E-state index >= 15 is 0 Å². The van der Waals surface area contributed by atoms with Gasteiger partial charge in [-0.3, -0.25) is 0 Å². The van der Waals surface area contributed by atoms with Crippen LogP contribution in [0.25, 0.3) is 0 Å². The molecule has 0 fully saturated rings. The highest BCUT2D eigenvalue weighted by molar-refractivity contribution is 7.88. The van der Waals surface area contributed by atoms with Crippen LogP contribution in [0.5, 0.6) is 0 Å². The molecule has 3 atom stereocenters. The van der Waals surface area contributed by atoms with Gasteiger partial charge in [0.1, 0.15) is 30.3 Å². The monoisotopic (exact) mass is 346 g/mol. The van der Waals surface area contributed by atoms with Crippen molar-refractivity contribution in [1.29, 1.82) is 0 Å². The van der Waals surface area contributed by atoms with Crippen molar-refractivity contribution in [2.75, 3.05) is 6.26 Å². The summed E-state index contributed by atoms with van der Waals surface area (Å²) in [6.07, 6.45) is 2.02. The van der Waals surface area contributed by atoms with Crippen LogP contribution in [0.3, 0.4) is 0 Å². The number of sulfonamides is 1. The van der Waals surface area contributed by atoms with Crippen molar-refractivity contribution in [3.8, 4) is 0 Å². The summed E-state index contributed by atoms with van der Waals surface area (Å²) in [7, 11) is -3.58. The molecule has 10 heteroatoms. The summed E-state index contributed by atoms with van der Waals surface area (Å²) < 4.78 is 53.3. The number of aromatic nitrogens is 3. The average Bonchev–Trinajstić information content (AvgIpc) is 2.93. The minimum absolute atomic E-state index is 0.0356. The number of aliphatic hydroxyl groups is 1. The van der Waals surface area contributed by atoms with Gasteiger partial charge in [0.2, 0.25) is 10.0 Å². The third-order valence-corrected chi connectivity index (χ3v) is 4.04. The van der Waals surface area contributed by atoms with Crippen molar-refractivity contribution in [1.82, 2.24) is 19.5 Å². The van der Waals surface area contributed by atoms with Crippen molar-refractivity contribution in [2.45, 2.75) is 25.1 Å². The summed E-state index contributed by atoms with van der Waals surface area (Å²) in [5, 5.41) is 14.3. The number of nitrogens with one attached hydrogen (secondary N) is 1. The lowest BCUT2D eigenvalue weighted by molar-refractivity contribution is 0.0960. The molecule has 0 aliphatic heterocycles. The fourth-order valence-electron chi connectivity index (χ4n) is 2.27. The van der Waals surface area contributed by atoms with Gasteiger partial charge >= 0.3 is 0 Å². The number of aliphatic hydroxyl groups excluding tert-OH is 1. The fourth-order valence-corrected chi connectivity index (χ4v) is 3.08. The minimum atomic E-state index is -3.58. The number of hydrogen-bond acceptors (Lipinski definition) is 5. The molecule has 1 aromatic heterocycles. The molecule has 126 valence electrons. The molecule has 0 radical (unpaired) electrons. The van der Waals surface area contributed by atoms with Crippen LogP contribution < -0.4 is 4.72 Å². The van der Waals surface area contributed by atoms with Gasteiger partial charge < -0.3 is 5.11 Å². The lowest BCUT2D eigenvalue weighted by Gasteiger charge is -2.28. The molecule has 2 aromatic rings.